The predicted molar refractivity (Wildman–Crippen MR) is 56.8 cm³/mol. The van der Waals surface area contributed by atoms with Crippen LogP contribution in [0.5, 0.6) is 0 Å². The lowest BCUT2D eigenvalue weighted by Crippen LogP contribution is -2.37. The van der Waals surface area contributed by atoms with Gasteiger partial charge in [0.1, 0.15) is 13.5 Å². The SMILES string of the molecule is COCOCN1CCCCCCS1(=O)=O. The molecule has 6 heteroatoms. The van der Waals surface area contributed by atoms with E-state index in [0.29, 0.717) is 6.54 Å². The molecule has 0 aliphatic carbocycles. The highest BCUT2D eigenvalue weighted by molar-refractivity contribution is 7.89. The van der Waals surface area contributed by atoms with E-state index in [0.717, 1.165) is 25.7 Å². The fraction of sp³-hybridized carbons (Fsp3) is 1.00. The summed E-state index contributed by atoms with van der Waals surface area (Å²) in [6, 6.07) is 0. The fourth-order valence-corrected chi connectivity index (χ4v) is 3.03. The van der Waals surface area contributed by atoms with Gasteiger partial charge in [-0.25, -0.2) is 8.42 Å². The Morgan fingerprint density at radius 3 is 2.67 bits per heavy atom. The van der Waals surface area contributed by atoms with Gasteiger partial charge in [-0.15, -0.1) is 0 Å². The topological polar surface area (TPSA) is 55.8 Å². The number of hydrogen-bond donors (Lipinski definition) is 0. The van der Waals surface area contributed by atoms with Crippen LogP contribution >= 0.6 is 0 Å². The molecule has 1 aliphatic heterocycles. The summed E-state index contributed by atoms with van der Waals surface area (Å²) in [6.45, 7) is 0.800. The van der Waals surface area contributed by atoms with E-state index < -0.39 is 10.0 Å². The first-order chi connectivity index (χ1) is 7.17. The summed E-state index contributed by atoms with van der Waals surface area (Å²) >= 11 is 0. The lowest BCUT2D eigenvalue weighted by atomic mass is 10.2. The first-order valence-corrected chi connectivity index (χ1v) is 6.82. The van der Waals surface area contributed by atoms with Crippen LogP contribution in [0.15, 0.2) is 0 Å². The van der Waals surface area contributed by atoms with Gasteiger partial charge >= 0.3 is 0 Å². The standard InChI is InChI=1S/C9H19NO4S/c1-13-9-14-8-10-6-4-2-3-5-7-15(10,11)12/h2-9H2,1H3. The molecule has 15 heavy (non-hydrogen) atoms. The summed E-state index contributed by atoms with van der Waals surface area (Å²) in [5.74, 6) is 0.239. The molecule has 1 fully saturated rings. The molecule has 1 aliphatic rings. The first kappa shape index (κ1) is 12.9. The van der Waals surface area contributed by atoms with Gasteiger partial charge in [-0.05, 0) is 12.8 Å². The van der Waals surface area contributed by atoms with E-state index in [4.69, 9.17) is 9.47 Å². The number of hydrogen-bond acceptors (Lipinski definition) is 4. The van der Waals surface area contributed by atoms with Crippen molar-refractivity contribution in [3.63, 3.8) is 0 Å². The molecule has 1 rings (SSSR count). The molecule has 0 aromatic rings. The van der Waals surface area contributed by atoms with Gasteiger partial charge in [-0.2, -0.15) is 4.31 Å². The zero-order valence-electron chi connectivity index (χ0n) is 9.15. The van der Waals surface area contributed by atoms with Gasteiger partial charge in [0.2, 0.25) is 10.0 Å². The van der Waals surface area contributed by atoms with Crippen LogP contribution in [0.1, 0.15) is 25.7 Å². The van der Waals surface area contributed by atoms with Gasteiger partial charge in [0, 0.05) is 13.7 Å². The number of rotatable bonds is 4. The smallest absolute Gasteiger partial charge is 0.216 e. The van der Waals surface area contributed by atoms with E-state index in [1.54, 1.807) is 0 Å². The Balaban J connectivity index is 2.48. The van der Waals surface area contributed by atoms with Gasteiger partial charge < -0.3 is 9.47 Å². The average molecular weight is 237 g/mol. The van der Waals surface area contributed by atoms with Crippen LogP contribution in [0.3, 0.4) is 0 Å². The van der Waals surface area contributed by atoms with E-state index >= 15 is 0 Å². The second-order valence-electron chi connectivity index (χ2n) is 3.65. The van der Waals surface area contributed by atoms with Gasteiger partial charge in [0.25, 0.3) is 0 Å². The molecule has 1 saturated heterocycles. The highest BCUT2D eigenvalue weighted by atomic mass is 32.2. The molecule has 0 amide bonds. The van der Waals surface area contributed by atoms with E-state index in [2.05, 4.69) is 0 Å². The minimum Gasteiger partial charge on any atom is -0.359 e. The maximum absolute atomic E-state index is 11.8. The summed E-state index contributed by atoms with van der Waals surface area (Å²) in [4.78, 5) is 0. The summed E-state index contributed by atoms with van der Waals surface area (Å²) in [5.41, 5.74) is 0. The summed E-state index contributed by atoms with van der Waals surface area (Å²) in [5, 5.41) is 0. The molecule has 0 bridgehead atoms. The van der Waals surface area contributed by atoms with Crippen molar-refractivity contribution in [3.8, 4) is 0 Å². The molecule has 1 heterocycles. The summed E-state index contributed by atoms with van der Waals surface area (Å²) in [6.07, 6.45) is 3.76. The predicted octanol–water partition coefficient (Wildman–Crippen LogP) is 0.770. The van der Waals surface area contributed by atoms with Gasteiger partial charge in [-0.1, -0.05) is 12.8 Å². The molecule has 0 saturated carbocycles. The van der Waals surface area contributed by atoms with Crippen LogP contribution in [0.25, 0.3) is 0 Å². The van der Waals surface area contributed by atoms with Crippen molar-refractivity contribution < 1.29 is 17.9 Å². The minimum atomic E-state index is -3.11. The molecule has 0 N–H and O–H groups in total. The molecule has 90 valence electrons. The Morgan fingerprint density at radius 2 is 1.93 bits per heavy atom. The van der Waals surface area contributed by atoms with Crippen LogP contribution in [-0.2, 0) is 19.5 Å². The van der Waals surface area contributed by atoms with Crippen LogP contribution in [-0.4, -0.2) is 45.7 Å². The van der Waals surface area contributed by atoms with Crippen LogP contribution in [0.4, 0.5) is 0 Å². The molecule has 5 nitrogen and oxygen atoms in total. The quantitative estimate of drug-likeness (QED) is 0.535. The molecule has 0 unspecified atom stereocenters. The van der Waals surface area contributed by atoms with Crippen molar-refractivity contribution in [3.05, 3.63) is 0 Å². The van der Waals surface area contributed by atoms with Crippen molar-refractivity contribution in [2.24, 2.45) is 0 Å². The molecule has 0 atom stereocenters. The van der Waals surface area contributed by atoms with Gasteiger partial charge in [0.15, 0.2) is 0 Å². The van der Waals surface area contributed by atoms with Crippen molar-refractivity contribution in [2.75, 3.05) is 32.9 Å². The second kappa shape index (κ2) is 6.42. The minimum absolute atomic E-state index is 0.107. The molecule has 0 spiro atoms. The Labute approximate surface area is 91.4 Å². The highest BCUT2D eigenvalue weighted by Gasteiger charge is 2.22. The normalized spacial score (nSPS) is 23.3. The lowest BCUT2D eigenvalue weighted by molar-refractivity contribution is -0.0559. The van der Waals surface area contributed by atoms with Gasteiger partial charge in [0.05, 0.1) is 5.75 Å². The molecular formula is C9H19NO4S. The third-order valence-electron chi connectivity index (χ3n) is 2.39. The molecular weight excluding hydrogens is 218 g/mol. The van der Waals surface area contributed by atoms with E-state index in [1.807, 2.05) is 0 Å². The number of methoxy groups -OCH3 is 1. The average Bonchev–Trinajstić information content (AvgIpc) is 2.18. The van der Waals surface area contributed by atoms with E-state index in [1.165, 1.54) is 11.4 Å². The monoisotopic (exact) mass is 237 g/mol. The van der Waals surface area contributed by atoms with Crippen molar-refractivity contribution in [2.45, 2.75) is 25.7 Å². The van der Waals surface area contributed by atoms with Crippen molar-refractivity contribution in [1.82, 2.24) is 4.31 Å². The second-order valence-corrected chi connectivity index (χ2v) is 5.73. The third-order valence-corrected chi connectivity index (χ3v) is 4.27. The zero-order chi connectivity index (χ0) is 11.1. The van der Waals surface area contributed by atoms with Crippen molar-refractivity contribution in [1.29, 1.82) is 0 Å². The van der Waals surface area contributed by atoms with Crippen LogP contribution in [0, 0.1) is 0 Å². The van der Waals surface area contributed by atoms with Crippen LogP contribution in [0.2, 0.25) is 0 Å². The summed E-state index contributed by atoms with van der Waals surface area (Å²) in [7, 11) is -1.60. The van der Waals surface area contributed by atoms with E-state index in [9.17, 15) is 8.42 Å². The van der Waals surface area contributed by atoms with Crippen molar-refractivity contribution >= 4 is 10.0 Å². The highest BCUT2D eigenvalue weighted by Crippen LogP contribution is 2.13. The number of nitrogens with zero attached hydrogens (tertiary/aromatic N) is 1. The Morgan fingerprint density at radius 1 is 1.20 bits per heavy atom. The Kier molecular flexibility index (Phi) is 5.52. The number of sulfonamides is 1. The lowest BCUT2D eigenvalue weighted by Gasteiger charge is -2.23. The first-order valence-electron chi connectivity index (χ1n) is 5.21. The number of ether oxygens (including phenoxy) is 2. The summed E-state index contributed by atoms with van der Waals surface area (Å²) < 4.78 is 34.7. The molecule has 0 aromatic heterocycles. The van der Waals surface area contributed by atoms with E-state index in [-0.39, 0.29) is 19.3 Å². The fourth-order valence-electron chi connectivity index (χ4n) is 1.56. The Hall–Kier alpha value is -0.170. The maximum Gasteiger partial charge on any atom is 0.216 e. The largest absolute Gasteiger partial charge is 0.359 e. The molecule has 0 radical (unpaired) electrons. The maximum atomic E-state index is 11.8. The van der Waals surface area contributed by atoms with Gasteiger partial charge in [-0.3, -0.25) is 0 Å². The zero-order valence-corrected chi connectivity index (χ0v) is 9.96. The Bertz CT molecular complexity index is 265. The third kappa shape index (κ3) is 4.46. The van der Waals surface area contributed by atoms with Crippen LogP contribution < -0.4 is 0 Å². The molecule has 0 aromatic carbocycles.